The molecule has 0 saturated heterocycles. The van der Waals surface area contributed by atoms with Gasteiger partial charge in [0.15, 0.2) is 0 Å². The van der Waals surface area contributed by atoms with Gasteiger partial charge in [-0.3, -0.25) is 0 Å². The molecule has 16 heavy (non-hydrogen) atoms. The summed E-state index contributed by atoms with van der Waals surface area (Å²) < 4.78 is 0. The van der Waals surface area contributed by atoms with Crippen LogP contribution in [0.1, 0.15) is 66.2 Å². The average Bonchev–Trinajstić information content (AvgIpc) is 2.32. The quantitative estimate of drug-likeness (QED) is 0.441. The Labute approximate surface area is 106 Å². The monoisotopic (exact) mass is 264 g/mol. The average molecular weight is 264 g/mol. The molecule has 0 fully saturated rings. The molecule has 2 heteroatoms. The molecule has 0 amide bonds. The molecule has 0 spiro atoms. The van der Waals surface area contributed by atoms with Crippen LogP contribution in [0.25, 0.3) is 0 Å². The second-order valence-electron chi connectivity index (χ2n) is 5.62. The zero-order chi connectivity index (χ0) is 12.5. The predicted octanol–water partition coefficient (Wildman–Crippen LogP) is 5.75. The van der Waals surface area contributed by atoms with E-state index in [1.54, 1.807) is 0 Å². The van der Waals surface area contributed by atoms with Gasteiger partial charge in [0.25, 0.3) is 0 Å². The Morgan fingerprint density at radius 1 is 0.688 bits per heavy atom. The standard InChI is InChI=1S/C14H34P2/c1-5-9-12-16(15,8-4,13-10-6-2)14-11-7-3/h5-15H2,1-4H3. The molecule has 0 heterocycles. The van der Waals surface area contributed by atoms with E-state index in [4.69, 9.17) is 0 Å². The molecule has 0 nitrogen and oxygen atoms in total. The third kappa shape index (κ3) is 5.46. The van der Waals surface area contributed by atoms with E-state index >= 15 is 0 Å². The van der Waals surface area contributed by atoms with Gasteiger partial charge in [0.1, 0.15) is 0 Å². The fourth-order valence-corrected chi connectivity index (χ4v) is 9.34. The van der Waals surface area contributed by atoms with Crippen molar-refractivity contribution in [3.05, 3.63) is 0 Å². The molecule has 0 aliphatic rings. The van der Waals surface area contributed by atoms with Gasteiger partial charge in [-0.05, 0) is 0 Å². The Morgan fingerprint density at radius 3 is 1.19 bits per heavy atom. The number of hydrogen-bond acceptors (Lipinski definition) is 0. The summed E-state index contributed by atoms with van der Waals surface area (Å²) in [5.41, 5.74) is 0. The van der Waals surface area contributed by atoms with Crippen molar-refractivity contribution in [1.29, 1.82) is 0 Å². The number of unbranched alkanes of at least 4 members (excludes halogenated alkanes) is 3. The van der Waals surface area contributed by atoms with Gasteiger partial charge in [-0.25, -0.2) is 0 Å². The number of rotatable bonds is 10. The third-order valence-electron chi connectivity index (χ3n) is 4.20. The second kappa shape index (κ2) is 8.05. The fraction of sp³-hybridized carbons (Fsp3) is 1.00. The zero-order valence-corrected chi connectivity index (χ0v) is 14.1. The fourth-order valence-electron chi connectivity index (χ4n) is 2.56. The third-order valence-corrected chi connectivity index (χ3v) is 13.9. The summed E-state index contributed by atoms with van der Waals surface area (Å²) in [5, 5.41) is 0. The first-order valence-corrected chi connectivity index (χ1v) is 11.9. The molecular formula is C14H34P2. The van der Waals surface area contributed by atoms with Crippen LogP contribution in [0, 0.1) is 0 Å². The normalized spacial score (nSPS) is 14.7. The summed E-state index contributed by atoms with van der Waals surface area (Å²) in [6.45, 7) is 9.45. The van der Waals surface area contributed by atoms with Crippen molar-refractivity contribution < 1.29 is 0 Å². The van der Waals surface area contributed by atoms with E-state index in [0.29, 0.717) is 0 Å². The molecule has 1 unspecified atom stereocenters. The first-order chi connectivity index (χ1) is 7.54. The first-order valence-electron chi connectivity index (χ1n) is 7.35. The molecule has 100 valence electrons. The van der Waals surface area contributed by atoms with Crippen LogP contribution in [0.5, 0.6) is 0 Å². The van der Waals surface area contributed by atoms with Gasteiger partial charge in [-0.15, -0.1) is 0 Å². The van der Waals surface area contributed by atoms with Gasteiger partial charge >= 0.3 is 106 Å². The Kier molecular flexibility index (Phi) is 8.48. The topological polar surface area (TPSA) is 0 Å². The summed E-state index contributed by atoms with van der Waals surface area (Å²) >= 11 is 0. The van der Waals surface area contributed by atoms with Crippen LogP contribution < -0.4 is 0 Å². The predicted molar refractivity (Wildman–Crippen MR) is 86.5 cm³/mol. The van der Waals surface area contributed by atoms with Crippen LogP contribution in [-0.2, 0) is 0 Å². The van der Waals surface area contributed by atoms with Crippen molar-refractivity contribution in [3.8, 4) is 0 Å². The Balaban J connectivity index is 4.61. The van der Waals surface area contributed by atoms with Gasteiger partial charge in [0.05, 0.1) is 0 Å². The summed E-state index contributed by atoms with van der Waals surface area (Å²) in [4.78, 5) is 0. The van der Waals surface area contributed by atoms with Gasteiger partial charge in [0, 0.05) is 0 Å². The van der Waals surface area contributed by atoms with Gasteiger partial charge in [-0.1, -0.05) is 0 Å². The van der Waals surface area contributed by atoms with Crippen LogP contribution in [0.15, 0.2) is 0 Å². The summed E-state index contributed by atoms with van der Waals surface area (Å²) in [6.07, 6.45) is 13.1. The van der Waals surface area contributed by atoms with Crippen molar-refractivity contribution in [2.45, 2.75) is 66.2 Å². The van der Waals surface area contributed by atoms with Gasteiger partial charge in [-0.2, -0.15) is 0 Å². The molecule has 0 aliphatic heterocycles. The Morgan fingerprint density at radius 2 is 1.00 bits per heavy atom. The molecule has 0 aromatic rings. The van der Waals surface area contributed by atoms with E-state index in [2.05, 4.69) is 36.6 Å². The molecular weight excluding hydrogens is 230 g/mol. The zero-order valence-electron chi connectivity index (χ0n) is 12.1. The van der Waals surface area contributed by atoms with E-state index in [0.717, 1.165) is 0 Å². The van der Waals surface area contributed by atoms with E-state index in [9.17, 15) is 0 Å². The molecule has 0 aromatic heterocycles. The maximum atomic E-state index is 3.43. The summed E-state index contributed by atoms with van der Waals surface area (Å²) in [7, 11) is 3.43. The van der Waals surface area contributed by atoms with Crippen LogP contribution in [0.3, 0.4) is 0 Å². The molecule has 0 aromatic carbocycles. The molecule has 0 radical (unpaired) electrons. The second-order valence-corrected chi connectivity index (χ2v) is 16.1. The maximum absolute atomic E-state index is 3.43. The van der Waals surface area contributed by atoms with Crippen molar-refractivity contribution in [2.24, 2.45) is 0 Å². The molecule has 0 saturated carbocycles. The van der Waals surface area contributed by atoms with Gasteiger partial charge in [0.2, 0.25) is 0 Å². The molecule has 0 N–H and O–H groups in total. The minimum absolute atomic E-state index is 1.37. The summed E-state index contributed by atoms with van der Waals surface area (Å²) in [5.74, 6) is 0. The minimum atomic E-state index is -1.39. The van der Waals surface area contributed by atoms with Crippen LogP contribution >= 0.6 is 15.2 Å². The van der Waals surface area contributed by atoms with Crippen LogP contribution in [0.4, 0.5) is 0 Å². The molecule has 0 aliphatic carbocycles. The van der Waals surface area contributed by atoms with E-state index in [1.165, 1.54) is 63.2 Å². The van der Waals surface area contributed by atoms with Gasteiger partial charge < -0.3 is 0 Å². The molecule has 0 bridgehead atoms. The van der Waals surface area contributed by atoms with E-state index < -0.39 is 6.29 Å². The SMILES string of the molecule is CCCCP(P)(CC)(CCCC)CCCC. The Hall–Kier alpha value is 0.860. The Bertz CT molecular complexity index is 153. The summed E-state index contributed by atoms with van der Waals surface area (Å²) in [6, 6.07) is 0. The van der Waals surface area contributed by atoms with Crippen molar-refractivity contribution in [2.75, 3.05) is 24.6 Å². The van der Waals surface area contributed by atoms with E-state index in [-0.39, 0.29) is 0 Å². The van der Waals surface area contributed by atoms with Crippen molar-refractivity contribution in [1.82, 2.24) is 0 Å². The van der Waals surface area contributed by atoms with Crippen LogP contribution in [0.2, 0.25) is 0 Å². The molecule has 0 rings (SSSR count). The molecule has 1 atom stereocenters. The van der Waals surface area contributed by atoms with Crippen molar-refractivity contribution >= 4 is 15.2 Å². The van der Waals surface area contributed by atoms with Crippen LogP contribution in [-0.4, -0.2) is 24.6 Å². The number of hydrogen-bond donors (Lipinski definition) is 0. The van der Waals surface area contributed by atoms with Crippen molar-refractivity contribution in [3.63, 3.8) is 0 Å². The first kappa shape index (κ1) is 16.9. The van der Waals surface area contributed by atoms with E-state index in [1.807, 2.05) is 0 Å².